The highest BCUT2D eigenvalue weighted by Gasteiger charge is 2.46. The quantitative estimate of drug-likeness (QED) is 0.138. The lowest BCUT2D eigenvalue weighted by molar-refractivity contribution is 0.709. The van der Waals surface area contributed by atoms with E-state index in [9.17, 15) is 0 Å². The Kier molecular flexibility index (Phi) is 8.67. The highest BCUT2D eigenvalue weighted by atomic mass is 15.0. The van der Waals surface area contributed by atoms with Crippen LogP contribution >= 0.6 is 0 Å². The van der Waals surface area contributed by atoms with Gasteiger partial charge in [0.1, 0.15) is 0 Å². The minimum absolute atomic E-state index is 0.180. The standard InChI is InChI=1S/C58H43N/c1-5-17-42(18-6-1)43-31-33-44(34-32-43)49(36-29-41-30-38-57-53(39-41)52-26-14-16-28-56(52)59(57)48-23-11-4-12-24-48)45-35-37-51-50-25-13-15-27-54(50)58(55(51)40-45,46-19-7-2-8-20-46)47-21-9-3-10-22-47/h1-28,30-35,37-40,49H,29,36H2. The maximum atomic E-state index is 2.56. The highest BCUT2D eigenvalue weighted by molar-refractivity contribution is 6.09. The van der Waals surface area contributed by atoms with Crippen molar-refractivity contribution in [2.24, 2.45) is 0 Å². The molecule has 0 fully saturated rings. The largest absolute Gasteiger partial charge is 0.309 e. The van der Waals surface area contributed by atoms with Crippen molar-refractivity contribution < 1.29 is 0 Å². The highest BCUT2D eigenvalue weighted by Crippen LogP contribution is 2.56. The minimum atomic E-state index is -0.440. The molecule has 1 aliphatic rings. The lowest BCUT2D eigenvalue weighted by Gasteiger charge is -2.34. The lowest BCUT2D eigenvalue weighted by atomic mass is 9.67. The molecular formula is C58H43N. The number of benzene rings is 9. The van der Waals surface area contributed by atoms with Gasteiger partial charge in [0.05, 0.1) is 16.4 Å². The molecular weight excluding hydrogens is 711 g/mol. The summed E-state index contributed by atoms with van der Waals surface area (Å²) in [6, 6.07) is 85.5. The van der Waals surface area contributed by atoms with Gasteiger partial charge in [-0.25, -0.2) is 0 Å². The van der Waals surface area contributed by atoms with Crippen LogP contribution in [0.1, 0.15) is 51.3 Å². The number of para-hydroxylation sites is 2. The lowest BCUT2D eigenvalue weighted by Crippen LogP contribution is -2.28. The molecule has 1 atom stereocenters. The molecule has 0 saturated heterocycles. The SMILES string of the molecule is c1ccc(-c2ccc(C(CCc3ccc4c(c3)c3ccccc3n4-c3ccccc3)c3ccc4c(c3)C(c3ccccc3)(c3ccccc3)c3ccccc3-4)cc2)cc1. The molecule has 11 rings (SSSR count). The average molecular weight is 754 g/mol. The molecule has 280 valence electrons. The van der Waals surface area contributed by atoms with Crippen LogP contribution in [0.15, 0.2) is 231 Å². The van der Waals surface area contributed by atoms with Crippen LogP contribution in [0.4, 0.5) is 0 Å². The van der Waals surface area contributed by atoms with Gasteiger partial charge in [0, 0.05) is 22.4 Å². The fourth-order valence-corrected chi connectivity index (χ4v) is 10.1. The Hall–Kier alpha value is -7.22. The summed E-state index contributed by atoms with van der Waals surface area (Å²) in [5.41, 5.74) is 17.7. The molecule has 9 aromatic carbocycles. The van der Waals surface area contributed by atoms with Crippen molar-refractivity contribution in [2.45, 2.75) is 24.2 Å². The normalized spacial score (nSPS) is 13.3. The predicted octanol–water partition coefficient (Wildman–Crippen LogP) is 14.6. The number of nitrogens with zero attached hydrogens (tertiary/aromatic N) is 1. The van der Waals surface area contributed by atoms with Gasteiger partial charge in [-0.05, 0) is 104 Å². The van der Waals surface area contributed by atoms with Gasteiger partial charge in [-0.3, -0.25) is 0 Å². The molecule has 0 saturated carbocycles. The number of rotatable bonds is 9. The maximum Gasteiger partial charge on any atom is 0.0713 e. The van der Waals surface area contributed by atoms with Crippen molar-refractivity contribution >= 4 is 21.8 Å². The van der Waals surface area contributed by atoms with Crippen LogP contribution in [0.5, 0.6) is 0 Å². The summed E-state index contributed by atoms with van der Waals surface area (Å²) in [5, 5.41) is 2.59. The van der Waals surface area contributed by atoms with Crippen molar-refractivity contribution in [3.05, 3.63) is 269 Å². The number of aryl methyl sites for hydroxylation is 1. The molecule has 1 nitrogen and oxygen atoms in total. The van der Waals surface area contributed by atoms with Gasteiger partial charge in [0.2, 0.25) is 0 Å². The molecule has 0 aliphatic heterocycles. The van der Waals surface area contributed by atoms with E-state index in [0.717, 1.165) is 12.8 Å². The number of hydrogen-bond donors (Lipinski definition) is 0. The van der Waals surface area contributed by atoms with Gasteiger partial charge < -0.3 is 4.57 Å². The van der Waals surface area contributed by atoms with E-state index >= 15 is 0 Å². The summed E-state index contributed by atoms with van der Waals surface area (Å²) >= 11 is 0. The number of aromatic nitrogens is 1. The Morgan fingerprint density at radius 2 is 0.949 bits per heavy atom. The fraction of sp³-hybridized carbons (Fsp3) is 0.0690. The molecule has 1 aliphatic carbocycles. The van der Waals surface area contributed by atoms with Gasteiger partial charge in [0.15, 0.2) is 0 Å². The van der Waals surface area contributed by atoms with E-state index in [2.05, 4.69) is 235 Å². The molecule has 0 N–H and O–H groups in total. The molecule has 1 aromatic heterocycles. The third-order valence-electron chi connectivity index (χ3n) is 12.8. The van der Waals surface area contributed by atoms with Crippen molar-refractivity contribution in [2.75, 3.05) is 0 Å². The van der Waals surface area contributed by atoms with Crippen LogP contribution in [-0.4, -0.2) is 4.57 Å². The van der Waals surface area contributed by atoms with E-state index in [1.807, 2.05) is 0 Å². The summed E-state index contributed by atoms with van der Waals surface area (Å²) in [6.07, 6.45) is 1.93. The van der Waals surface area contributed by atoms with Crippen molar-refractivity contribution in [3.63, 3.8) is 0 Å². The predicted molar refractivity (Wildman–Crippen MR) is 247 cm³/mol. The zero-order valence-electron chi connectivity index (χ0n) is 32.9. The van der Waals surface area contributed by atoms with E-state index in [1.54, 1.807) is 0 Å². The van der Waals surface area contributed by atoms with Crippen LogP contribution in [-0.2, 0) is 11.8 Å². The summed E-state index contributed by atoms with van der Waals surface area (Å²) in [5.74, 6) is 0.180. The van der Waals surface area contributed by atoms with Crippen LogP contribution in [0.25, 0.3) is 49.7 Å². The van der Waals surface area contributed by atoms with Gasteiger partial charge >= 0.3 is 0 Å². The monoisotopic (exact) mass is 753 g/mol. The first-order chi connectivity index (χ1) is 29.3. The fourth-order valence-electron chi connectivity index (χ4n) is 10.1. The van der Waals surface area contributed by atoms with Gasteiger partial charge in [-0.15, -0.1) is 0 Å². The first-order valence-corrected chi connectivity index (χ1v) is 20.9. The third-order valence-corrected chi connectivity index (χ3v) is 12.8. The Bertz CT molecular complexity index is 3030. The first-order valence-electron chi connectivity index (χ1n) is 20.9. The van der Waals surface area contributed by atoms with Crippen LogP contribution in [0.2, 0.25) is 0 Å². The Balaban J connectivity index is 1.05. The topological polar surface area (TPSA) is 4.93 Å². The number of fused-ring (bicyclic) bond motifs is 6. The van der Waals surface area contributed by atoms with E-state index in [0.29, 0.717) is 0 Å². The van der Waals surface area contributed by atoms with Crippen molar-refractivity contribution in [1.29, 1.82) is 0 Å². The second-order valence-electron chi connectivity index (χ2n) is 16.0. The van der Waals surface area contributed by atoms with Gasteiger partial charge in [-0.2, -0.15) is 0 Å². The summed E-state index contributed by atoms with van der Waals surface area (Å²) in [4.78, 5) is 0. The van der Waals surface area contributed by atoms with Gasteiger partial charge in [-0.1, -0.05) is 200 Å². The summed E-state index contributed by atoms with van der Waals surface area (Å²) in [7, 11) is 0. The molecule has 1 heterocycles. The van der Waals surface area contributed by atoms with E-state index < -0.39 is 5.41 Å². The maximum absolute atomic E-state index is 2.56. The van der Waals surface area contributed by atoms with Crippen LogP contribution < -0.4 is 0 Å². The summed E-state index contributed by atoms with van der Waals surface area (Å²) in [6.45, 7) is 0. The Morgan fingerprint density at radius 1 is 0.390 bits per heavy atom. The smallest absolute Gasteiger partial charge is 0.0713 e. The molecule has 0 spiro atoms. The Labute approximate surface area is 346 Å². The first kappa shape index (κ1) is 35.0. The zero-order chi connectivity index (χ0) is 39.2. The zero-order valence-corrected chi connectivity index (χ0v) is 32.9. The molecule has 1 heteroatoms. The Morgan fingerprint density at radius 3 is 1.68 bits per heavy atom. The molecule has 59 heavy (non-hydrogen) atoms. The van der Waals surface area contributed by atoms with Crippen molar-refractivity contribution in [3.8, 4) is 27.9 Å². The molecule has 0 amide bonds. The number of hydrogen-bond acceptors (Lipinski definition) is 0. The van der Waals surface area contributed by atoms with E-state index in [1.165, 1.54) is 88.7 Å². The van der Waals surface area contributed by atoms with Crippen LogP contribution in [0, 0.1) is 0 Å². The van der Waals surface area contributed by atoms with Crippen LogP contribution in [0.3, 0.4) is 0 Å². The van der Waals surface area contributed by atoms with E-state index in [4.69, 9.17) is 0 Å². The molecule has 10 aromatic rings. The second-order valence-corrected chi connectivity index (χ2v) is 16.0. The molecule has 1 unspecified atom stereocenters. The molecule has 0 radical (unpaired) electrons. The van der Waals surface area contributed by atoms with Crippen molar-refractivity contribution in [1.82, 2.24) is 4.57 Å². The summed E-state index contributed by atoms with van der Waals surface area (Å²) < 4.78 is 2.40. The average Bonchev–Trinajstić information content (AvgIpc) is 3.81. The third kappa shape index (κ3) is 5.84. The minimum Gasteiger partial charge on any atom is -0.309 e. The van der Waals surface area contributed by atoms with E-state index in [-0.39, 0.29) is 5.92 Å². The van der Waals surface area contributed by atoms with Gasteiger partial charge in [0.25, 0.3) is 0 Å². The second kappa shape index (κ2) is 14.6. The molecule has 0 bridgehead atoms.